The van der Waals surface area contributed by atoms with Crippen LogP contribution >= 0.6 is 0 Å². The van der Waals surface area contributed by atoms with E-state index in [2.05, 4.69) is 4.90 Å². The quantitative estimate of drug-likeness (QED) is 0.628. The Kier molecular flexibility index (Phi) is 3.52. The van der Waals surface area contributed by atoms with E-state index in [1.807, 2.05) is 0 Å². The molecule has 64 valence electrons. The number of carbonyl (C=O) groups excluding carboxylic acids is 1. The minimum absolute atomic E-state index is 0.0631. The SMILES string of the molecule is O=C(CO)CN1CCCCC1. The van der Waals surface area contributed by atoms with E-state index in [4.69, 9.17) is 5.11 Å². The van der Waals surface area contributed by atoms with Gasteiger partial charge in [0.15, 0.2) is 5.78 Å². The van der Waals surface area contributed by atoms with Gasteiger partial charge in [-0.1, -0.05) is 6.42 Å². The number of piperidine rings is 1. The van der Waals surface area contributed by atoms with Gasteiger partial charge in [-0.25, -0.2) is 0 Å². The maximum absolute atomic E-state index is 10.8. The highest BCUT2D eigenvalue weighted by atomic mass is 16.3. The summed E-state index contributed by atoms with van der Waals surface area (Å²) < 4.78 is 0. The first kappa shape index (κ1) is 8.68. The Balaban J connectivity index is 2.19. The summed E-state index contributed by atoms with van der Waals surface area (Å²) in [4.78, 5) is 12.9. The average Bonchev–Trinajstić information content (AvgIpc) is 2.06. The van der Waals surface area contributed by atoms with Crippen molar-refractivity contribution in [2.24, 2.45) is 0 Å². The van der Waals surface area contributed by atoms with Crippen LogP contribution in [0.1, 0.15) is 19.3 Å². The molecule has 0 amide bonds. The van der Waals surface area contributed by atoms with Gasteiger partial charge in [0.2, 0.25) is 0 Å². The molecular weight excluding hydrogens is 142 g/mol. The number of hydrogen-bond acceptors (Lipinski definition) is 3. The highest BCUT2D eigenvalue weighted by Gasteiger charge is 2.12. The maximum Gasteiger partial charge on any atom is 0.172 e. The van der Waals surface area contributed by atoms with Gasteiger partial charge in [-0.05, 0) is 25.9 Å². The first-order valence-corrected chi connectivity index (χ1v) is 4.18. The third kappa shape index (κ3) is 2.99. The normalized spacial score (nSPS) is 20.1. The van der Waals surface area contributed by atoms with Crippen molar-refractivity contribution >= 4 is 5.78 Å². The van der Waals surface area contributed by atoms with Crippen molar-refractivity contribution in [1.82, 2.24) is 4.90 Å². The summed E-state index contributed by atoms with van der Waals surface area (Å²) in [5.74, 6) is -0.0631. The van der Waals surface area contributed by atoms with Gasteiger partial charge >= 0.3 is 0 Å². The second-order valence-electron chi connectivity index (χ2n) is 3.03. The summed E-state index contributed by atoms with van der Waals surface area (Å²) in [6.07, 6.45) is 3.67. The molecule has 0 aromatic rings. The Bertz CT molecular complexity index is 130. The predicted octanol–water partition coefficient (Wildman–Crippen LogP) is 0.0337. The fourth-order valence-corrected chi connectivity index (χ4v) is 1.42. The van der Waals surface area contributed by atoms with Crippen LogP contribution in [-0.2, 0) is 4.79 Å². The van der Waals surface area contributed by atoms with E-state index >= 15 is 0 Å². The zero-order valence-corrected chi connectivity index (χ0v) is 6.75. The van der Waals surface area contributed by atoms with Gasteiger partial charge < -0.3 is 5.11 Å². The third-order valence-corrected chi connectivity index (χ3v) is 2.02. The number of ketones is 1. The van der Waals surface area contributed by atoms with Crippen LogP contribution in [0.15, 0.2) is 0 Å². The van der Waals surface area contributed by atoms with Crippen LogP contribution in [0.4, 0.5) is 0 Å². The summed E-state index contributed by atoms with van der Waals surface area (Å²) in [5, 5.41) is 8.49. The third-order valence-electron chi connectivity index (χ3n) is 2.02. The van der Waals surface area contributed by atoms with Crippen molar-refractivity contribution in [3.05, 3.63) is 0 Å². The molecule has 0 aromatic carbocycles. The molecule has 0 unspecified atom stereocenters. The standard InChI is InChI=1S/C8H15NO2/c10-7-8(11)6-9-4-2-1-3-5-9/h10H,1-7H2. The van der Waals surface area contributed by atoms with Gasteiger partial charge in [-0.2, -0.15) is 0 Å². The Hall–Kier alpha value is -0.410. The van der Waals surface area contributed by atoms with Gasteiger partial charge in [0.1, 0.15) is 6.61 Å². The molecule has 11 heavy (non-hydrogen) atoms. The van der Waals surface area contributed by atoms with Crippen molar-refractivity contribution < 1.29 is 9.90 Å². The molecule has 1 saturated heterocycles. The zero-order valence-electron chi connectivity index (χ0n) is 6.75. The molecule has 0 spiro atoms. The van der Waals surface area contributed by atoms with Crippen molar-refractivity contribution in [2.45, 2.75) is 19.3 Å². The first-order chi connectivity index (χ1) is 5.33. The molecule has 0 aromatic heterocycles. The lowest BCUT2D eigenvalue weighted by Gasteiger charge is -2.25. The van der Waals surface area contributed by atoms with Crippen molar-refractivity contribution in [3.63, 3.8) is 0 Å². The van der Waals surface area contributed by atoms with Gasteiger partial charge in [0.05, 0.1) is 6.54 Å². The minimum atomic E-state index is -0.309. The fourth-order valence-electron chi connectivity index (χ4n) is 1.42. The van der Waals surface area contributed by atoms with Crippen molar-refractivity contribution in [3.8, 4) is 0 Å². The summed E-state index contributed by atoms with van der Waals surface area (Å²) in [6, 6.07) is 0. The number of nitrogens with zero attached hydrogens (tertiary/aromatic N) is 1. The monoisotopic (exact) mass is 157 g/mol. The second-order valence-corrected chi connectivity index (χ2v) is 3.03. The van der Waals surface area contributed by atoms with E-state index in [0.29, 0.717) is 6.54 Å². The topological polar surface area (TPSA) is 40.5 Å². The van der Waals surface area contributed by atoms with Crippen LogP contribution in [0.3, 0.4) is 0 Å². The number of Topliss-reactive ketones (excluding diaryl/α,β-unsaturated/α-hetero) is 1. The number of carbonyl (C=O) groups is 1. The molecule has 1 heterocycles. The lowest BCUT2D eigenvalue weighted by molar-refractivity contribution is -0.123. The number of rotatable bonds is 3. The van der Waals surface area contributed by atoms with Crippen molar-refractivity contribution in [1.29, 1.82) is 0 Å². The Morgan fingerprint density at radius 1 is 1.27 bits per heavy atom. The zero-order chi connectivity index (χ0) is 8.10. The van der Waals surface area contributed by atoms with Crippen molar-refractivity contribution in [2.75, 3.05) is 26.2 Å². The smallest absolute Gasteiger partial charge is 0.172 e. The average molecular weight is 157 g/mol. The molecule has 0 aliphatic carbocycles. The Morgan fingerprint density at radius 3 is 2.45 bits per heavy atom. The van der Waals surface area contributed by atoms with E-state index < -0.39 is 0 Å². The highest BCUT2D eigenvalue weighted by molar-refractivity contribution is 5.81. The predicted molar refractivity (Wildman–Crippen MR) is 42.4 cm³/mol. The number of aliphatic hydroxyl groups is 1. The Morgan fingerprint density at radius 2 is 1.91 bits per heavy atom. The molecule has 1 N–H and O–H groups in total. The second kappa shape index (κ2) is 4.46. The van der Waals surface area contributed by atoms with Crippen LogP contribution < -0.4 is 0 Å². The highest BCUT2D eigenvalue weighted by Crippen LogP contribution is 2.07. The molecule has 1 aliphatic rings. The maximum atomic E-state index is 10.8. The van der Waals surface area contributed by atoms with Crippen LogP contribution in [0.5, 0.6) is 0 Å². The number of aliphatic hydroxyl groups excluding tert-OH is 1. The first-order valence-electron chi connectivity index (χ1n) is 4.18. The van der Waals surface area contributed by atoms with Gasteiger partial charge in [-0.15, -0.1) is 0 Å². The van der Waals surface area contributed by atoms with Crippen LogP contribution in [0.25, 0.3) is 0 Å². The van der Waals surface area contributed by atoms with Gasteiger partial charge in [-0.3, -0.25) is 9.69 Å². The largest absolute Gasteiger partial charge is 0.389 e. The molecule has 0 saturated carbocycles. The van der Waals surface area contributed by atoms with Crippen LogP contribution in [0, 0.1) is 0 Å². The molecule has 0 radical (unpaired) electrons. The van der Waals surface area contributed by atoms with E-state index in [-0.39, 0.29) is 12.4 Å². The molecular formula is C8H15NO2. The number of hydrogen-bond donors (Lipinski definition) is 1. The van der Waals surface area contributed by atoms with E-state index in [9.17, 15) is 4.79 Å². The minimum Gasteiger partial charge on any atom is -0.389 e. The summed E-state index contributed by atoms with van der Waals surface area (Å²) in [6.45, 7) is 2.17. The fraction of sp³-hybridized carbons (Fsp3) is 0.875. The molecule has 1 aliphatic heterocycles. The van der Waals surface area contributed by atoms with Crippen LogP contribution in [0.2, 0.25) is 0 Å². The lowest BCUT2D eigenvalue weighted by Crippen LogP contribution is -2.35. The molecule has 0 bridgehead atoms. The summed E-state index contributed by atoms with van der Waals surface area (Å²) in [7, 11) is 0. The lowest BCUT2D eigenvalue weighted by atomic mass is 10.1. The van der Waals surface area contributed by atoms with Gasteiger partial charge in [0, 0.05) is 0 Å². The molecule has 3 heteroatoms. The number of likely N-dealkylation sites (tertiary alicyclic amines) is 1. The molecule has 3 nitrogen and oxygen atoms in total. The molecule has 0 atom stereocenters. The van der Waals surface area contributed by atoms with Crippen LogP contribution in [-0.4, -0.2) is 42.0 Å². The van der Waals surface area contributed by atoms with Gasteiger partial charge in [0.25, 0.3) is 0 Å². The summed E-state index contributed by atoms with van der Waals surface area (Å²) in [5.41, 5.74) is 0. The summed E-state index contributed by atoms with van der Waals surface area (Å²) >= 11 is 0. The van der Waals surface area contributed by atoms with E-state index in [0.717, 1.165) is 13.1 Å². The molecule has 1 rings (SSSR count). The molecule has 1 fully saturated rings. The van der Waals surface area contributed by atoms with E-state index in [1.165, 1.54) is 19.3 Å². The Labute approximate surface area is 67.0 Å². The van der Waals surface area contributed by atoms with E-state index in [1.54, 1.807) is 0 Å².